The Hall–Kier alpha value is -2.95. The summed E-state index contributed by atoms with van der Waals surface area (Å²) < 4.78 is 109. The van der Waals surface area contributed by atoms with Gasteiger partial charge in [0.05, 0.1) is 60.5 Å². The summed E-state index contributed by atoms with van der Waals surface area (Å²) in [6.07, 6.45) is 22.1. The van der Waals surface area contributed by atoms with Gasteiger partial charge in [0.1, 0.15) is 34.5 Å². The molecule has 0 spiro atoms. The Balaban J connectivity index is -0.000000217. The first kappa shape index (κ1) is 97.5. The Morgan fingerprint density at radius 3 is 0.774 bits per heavy atom. The van der Waals surface area contributed by atoms with Crippen LogP contribution in [0.1, 0.15) is 35.1 Å². The normalized spacial score (nSPS) is 9.98. The van der Waals surface area contributed by atoms with Crippen molar-refractivity contribution in [2.75, 3.05) is 42.7 Å². The van der Waals surface area contributed by atoms with Crippen molar-refractivity contribution in [3.63, 3.8) is 0 Å². The van der Waals surface area contributed by atoms with Crippen LogP contribution in [0.4, 0.5) is 0 Å². The Kier molecular flexibility index (Phi) is 49.3. The monoisotopic (exact) mass is 2910 g/mol. The van der Waals surface area contributed by atoms with Gasteiger partial charge in [0.15, 0.2) is 0 Å². The van der Waals surface area contributed by atoms with E-state index in [-0.39, 0.29) is 30.2 Å². The summed E-state index contributed by atoms with van der Waals surface area (Å²) in [5.41, 5.74) is 13.8. The topological polar surface area (TPSA) is 235 Å². The fraction of sp³-hybridized carbons (Fsp3) is 0.104. The number of hydrogen-bond acceptors (Lipinski definition) is 18. The maximum absolute atomic E-state index is 8.12. The molecule has 0 aliphatic heterocycles. The van der Waals surface area contributed by atoms with Crippen molar-refractivity contribution < 1.29 is 92.0 Å². The van der Waals surface area contributed by atoms with Crippen LogP contribution in [0.5, 0.6) is 34.5 Å². The van der Waals surface area contributed by atoms with Gasteiger partial charge in [-0.25, -0.2) is 0 Å². The van der Waals surface area contributed by atoms with Gasteiger partial charge in [0.25, 0.3) is 0 Å². The second-order valence-electron chi connectivity index (χ2n) is 20.6. The fourth-order valence-corrected chi connectivity index (χ4v) is 20.3. The average Bonchev–Trinajstić information content (AvgIpc) is 0.807. The van der Waals surface area contributed by atoms with Gasteiger partial charge < -0.3 is 28.4 Å². The molecule has 0 unspecified atom stereocenters. The minimum absolute atomic E-state index is 0. The van der Waals surface area contributed by atoms with Crippen molar-refractivity contribution >= 4 is 326 Å². The van der Waals surface area contributed by atoms with Gasteiger partial charge in [0.2, 0.25) is 0 Å². The first-order chi connectivity index (χ1) is 60.4. The molecule has 0 amide bonds. The van der Waals surface area contributed by atoms with Crippen LogP contribution >= 0.6 is 307 Å². The number of ether oxygens (including phenoxy) is 6. The van der Waals surface area contributed by atoms with E-state index in [0.29, 0.717) is 0 Å². The number of pyridine rings is 6. The number of hydrogen-bond donors (Lipinski definition) is 0. The number of rotatable bonds is 12. The van der Waals surface area contributed by atoms with E-state index in [4.69, 9.17) is 75.0 Å². The Morgan fingerprint density at radius 2 is 0.496 bits per heavy atom. The molecule has 18 nitrogen and oxygen atoms in total. The number of methoxy groups -OCH3 is 6. The SMILES string of the molecule is C.COc1cc(-c2c(Br)cncc2Br)c(Br)cc1Br.COc1cc(-c2c(C)cncc2Br)c(Br)cc1Br.COc1cc(-c2ccncc2Br)c(Br)cc1Br.COc1cc(-c2ccncc2Br)c(Br)cc1Br.COc1ccc(Br)c(-c2c(Br)cncc2Br)c1.COc1ccc(Br)c(-c2ccncc2Br)c1.O=C=O.O=C=O.O=C=O.[3HH].[3HH].[3HH].[3H][3H].[3H][3H].[3H][3H].[3H][3H].[3H][3H].[3H][3H].[Cu][I]. The summed E-state index contributed by atoms with van der Waals surface area (Å²) in [6.45, 7) is 2.04. The number of benzene rings is 6. The van der Waals surface area contributed by atoms with Crippen molar-refractivity contribution in [1.82, 2.24) is 29.9 Å². The van der Waals surface area contributed by atoms with Crippen molar-refractivity contribution in [2.24, 2.45) is 0 Å². The molecule has 0 atom stereocenters. The zero-order valence-electron chi connectivity index (χ0n) is 70.8. The number of halogens is 19. The third-order valence-corrected chi connectivity index (χ3v) is 25.5. The maximum atomic E-state index is 8.12. The van der Waals surface area contributed by atoms with E-state index in [1.165, 1.54) is 0 Å². The molecular formula is C77H72Br18CuIN6O12. The van der Waals surface area contributed by atoms with E-state index in [1.54, 1.807) is 131 Å². The molecular weight excluding hydrogens is 2830 g/mol. The Morgan fingerprint density at radius 1 is 0.270 bits per heavy atom. The molecule has 626 valence electrons. The van der Waals surface area contributed by atoms with Crippen LogP contribution < -0.4 is 28.4 Å². The van der Waals surface area contributed by atoms with Crippen LogP contribution in [0.25, 0.3) is 66.8 Å². The van der Waals surface area contributed by atoms with Crippen LogP contribution in [0.2, 0.25) is 0 Å². The molecule has 0 saturated carbocycles. The van der Waals surface area contributed by atoms with Crippen LogP contribution in [0.15, 0.2) is 258 Å². The average molecular weight is 2930 g/mol. The van der Waals surface area contributed by atoms with Gasteiger partial charge >= 0.3 is 51.6 Å². The molecule has 0 saturated heterocycles. The summed E-state index contributed by atoms with van der Waals surface area (Å²) >= 11 is 69.1. The number of aryl methyl sites for hydroxylation is 1. The third-order valence-electron chi connectivity index (χ3n) is 14.1. The minimum atomic E-state index is 0. The van der Waals surface area contributed by atoms with E-state index in [0.717, 1.165) is 187 Å². The second kappa shape index (κ2) is 58.2. The third kappa shape index (κ3) is 33.7. The first-order valence-corrected chi connectivity index (χ1v) is 47.6. The summed E-state index contributed by atoms with van der Waals surface area (Å²) in [6, 6.07) is 33.4. The molecule has 6 aromatic heterocycles. The van der Waals surface area contributed by atoms with Crippen molar-refractivity contribution in [1.29, 1.82) is 0 Å². The fourth-order valence-electron chi connectivity index (χ4n) is 9.19. The van der Waals surface area contributed by atoms with Gasteiger partial charge in [-0.05, 0) is 307 Å². The molecule has 6 aromatic carbocycles. The quantitative estimate of drug-likeness (QED) is 0.0816. The zero-order valence-corrected chi connectivity index (χ0v) is 90.5. The van der Waals surface area contributed by atoms with E-state index >= 15 is 0 Å². The van der Waals surface area contributed by atoms with Crippen molar-refractivity contribution in [3.8, 4) is 101 Å². The van der Waals surface area contributed by atoms with Crippen molar-refractivity contribution in [2.45, 2.75) is 14.4 Å². The van der Waals surface area contributed by atoms with Crippen molar-refractivity contribution in [3.05, 3.63) is 264 Å². The molecule has 0 radical (unpaired) electrons. The van der Waals surface area contributed by atoms with Crippen LogP contribution in [-0.2, 0) is 41.5 Å². The summed E-state index contributed by atoms with van der Waals surface area (Å²) in [5.74, 6) is 4.83. The van der Waals surface area contributed by atoms with Crippen LogP contribution in [0.3, 0.4) is 0 Å². The molecule has 115 heavy (non-hydrogen) atoms. The van der Waals surface area contributed by atoms with Gasteiger partial charge in [0, 0.05) is 226 Å². The first-order valence-electron chi connectivity index (χ1n) is 36.3. The predicted octanol–water partition coefficient (Wildman–Crippen LogP) is 32.6. The van der Waals surface area contributed by atoms with E-state index in [2.05, 4.69) is 329 Å². The number of aromatic nitrogens is 6. The predicted molar refractivity (Wildman–Crippen MR) is 535 cm³/mol. The molecule has 0 aliphatic carbocycles. The molecule has 0 aliphatic rings. The van der Waals surface area contributed by atoms with Crippen LogP contribution in [-0.4, -0.2) is 91.0 Å². The molecule has 0 bridgehead atoms. The van der Waals surface area contributed by atoms with Gasteiger partial charge in [-0.3, -0.25) is 29.9 Å². The van der Waals surface area contributed by atoms with Gasteiger partial charge in [-0.2, -0.15) is 28.8 Å². The molecule has 12 rings (SSSR count). The van der Waals surface area contributed by atoms with Crippen LogP contribution in [0, 0.1) is 6.92 Å². The summed E-state index contributed by atoms with van der Waals surface area (Å²) in [4.78, 5) is 73.3. The molecule has 38 heteroatoms. The molecule has 0 N–H and O–H groups in total. The second-order valence-corrected chi connectivity index (χ2v) is 36.0. The van der Waals surface area contributed by atoms with E-state index < -0.39 is 0 Å². The summed E-state index contributed by atoms with van der Waals surface area (Å²) in [5, 5.41) is 0. The van der Waals surface area contributed by atoms with Gasteiger partial charge in [-0.15, -0.1) is 0 Å². The molecule has 12 aromatic rings. The molecule has 6 heterocycles. The molecule has 0 fully saturated rings. The van der Waals surface area contributed by atoms with E-state index in [9.17, 15) is 0 Å². The number of nitrogens with zero attached hydrogens (tertiary/aromatic N) is 6. The zero-order chi connectivity index (χ0) is 97.5. The van der Waals surface area contributed by atoms with Gasteiger partial charge in [-0.1, -0.05) is 103 Å². The number of carbonyl (C=O) groups excluding carboxylic acids is 6. The summed E-state index contributed by atoms with van der Waals surface area (Å²) in [7, 11) is 9.93. The standard InChI is InChI=1S/C13H10Br3NO.C12H7Br4NO.3C12H8Br3NO.C12H9Br2NO.3CO2.CH4.Cu.HI.9H2/c1-7-5-17-6-11(16)13(7)8-3-12(18-2)10(15)4-9(8)14;1-18-11-2-6(7(13)3-8(11)14)12-9(15)4-17-5-10(12)16;2*1-17-12-4-8(9(13)5-10(12)14)7-2-3-16-6-11(7)15;1-17-7-2-3-9(13)8(4-7)12-10(14)5-16-6-11(12)15;1-16-8-2-3-11(13)10(6-8)9-4-5-15-7-12(9)14;3*2-1-3;;;;;;;;;;;;/h3-6H,1-2H3;2-5H,1H3;3*2-6H,1H3;2-7H,1H3;;;;1H4;;10*1H/q;;;;;;;;;;+1;;;;;;;;;;/p-1/i;;;;;;;;;;;;6*1+2T;3*1+2. The Bertz CT molecular complexity index is 5100. The van der Waals surface area contributed by atoms with E-state index in [1.807, 2.05) is 116 Å². The Labute approximate surface area is 857 Å².